The molecule has 0 unspecified atom stereocenters. The molecule has 0 radical (unpaired) electrons. The Labute approximate surface area is 113 Å². The van der Waals surface area contributed by atoms with Gasteiger partial charge in [0.25, 0.3) is 0 Å². The average Bonchev–Trinajstić information content (AvgIpc) is 2.76. The third-order valence-electron chi connectivity index (χ3n) is 2.56. The van der Waals surface area contributed by atoms with E-state index in [-0.39, 0.29) is 18.7 Å². The fourth-order valence-electron chi connectivity index (χ4n) is 1.70. The second kappa shape index (κ2) is 6.05. The fourth-order valence-corrected chi connectivity index (χ4v) is 1.70. The fraction of sp³-hybridized carbons (Fsp3) is 0.308. The third-order valence-corrected chi connectivity index (χ3v) is 2.56. The summed E-state index contributed by atoms with van der Waals surface area (Å²) in [6.45, 7) is 2.00. The van der Waals surface area contributed by atoms with Gasteiger partial charge in [-0.3, -0.25) is 14.6 Å². The molecule has 0 saturated heterocycles. The number of fused-ring (bicyclic) bond motifs is 1. The predicted molar refractivity (Wildman–Crippen MR) is 71.3 cm³/mol. The number of aromatic amines is 1. The van der Waals surface area contributed by atoms with Crippen LogP contribution in [0, 0.1) is 0 Å². The Morgan fingerprint density at radius 2 is 2.15 bits per heavy atom. The minimum Gasteiger partial charge on any atom is -0.466 e. The molecule has 7 nitrogen and oxygen atoms in total. The number of amides is 1. The molecule has 0 atom stereocenters. The van der Waals surface area contributed by atoms with Crippen LogP contribution in [0.2, 0.25) is 0 Å². The zero-order chi connectivity index (χ0) is 14.5. The van der Waals surface area contributed by atoms with E-state index in [1.54, 1.807) is 25.1 Å². The second-order valence-corrected chi connectivity index (χ2v) is 4.08. The normalized spacial score (nSPS) is 10.4. The van der Waals surface area contributed by atoms with Crippen molar-refractivity contribution in [3.8, 4) is 0 Å². The van der Waals surface area contributed by atoms with Gasteiger partial charge in [0.05, 0.1) is 18.5 Å². The molecule has 20 heavy (non-hydrogen) atoms. The lowest BCUT2D eigenvalue weighted by atomic mass is 10.2. The molecule has 7 heteroatoms. The first-order valence-corrected chi connectivity index (χ1v) is 6.17. The molecule has 106 valence electrons. The highest BCUT2D eigenvalue weighted by Crippen LogP contribution is 2.16. The van der Waals surface area contributed by atoms with Gasteiger partial charge in [-0.2, -0.15) is 0 Å². The summed E-state index contributed by atoms with van der Waals surface area (Å²) in [7, 11) is 0. The van der Waals surface area contributed by atoms with Crippen LogP contribution in [-0.2, 0) is 14.3 Å². The molecule has 0 aliphatic heterocycles. The first-order chi connectivity index (χ1) is 9.58. The molecule has 0 spiro atoms. The molecule has 1 aromatic carbocycles. The number of ether oxygens (including phenoxy) is 1. The van der Waals surface area contributed by atoms with Gasteiger partial charge in [0.15, 0.2) is 5.58 Å². The quantitative estimate of drug-likeness (QED) is 0.805. The zero-order valence-electron chi connectivity index (χ0n) is 10.9. The maximum atomic E-state index is 11.6. The predicted octanol–water partition coefficient (Wildman–Crippen LogP) is 1.40. The van der Waals surface area contributed by atoms with Crippen LogP contribution in [0.3, 0.4) is 0 Å². The number of hydrogen-bond donors (Lipinski definition) is 2. The van der Waals surface area contributed by atoms with Crippen molar-refractivity contribution in [2.45, 2.75) is 19.8 Å². The number of hydrogen-bond acceptors (Lipinski definition) is 5. The molecule has 0 aliphatic carbocycles. The van der Waals surface area contributed by atoms with Gasteiger partial charge in [0.2, 0.25) is 5.91 Å². The molecule has 0 bridgehead atoms. The molecule has 1 aromatic heterocycles. The number of esters is 1. The first-order valence-electron chi connectivity index (χ1n) is 6.17. The number of rotatable bonds is 5. The van der Waals surface area contributed by atoms with Crippen LogP contribution in [0.25, 0.3) is 11.1 Å². The number of benzene rings is 1. The van der Waals surface area contributed by atoms with E-state index >= 15 is 0 Å². The Kier molecular flexibility index (Phi) is 4.19. The lowest BCUT2D eigenvalue weighted by molar-refractivity contribution is -0.144. The summed E-state index contributed by atoms with van der Waals surface area (Å²) in [4.78, 5) is 36.3. The number of carbonyl (C=O) groups is 2. The van der Waals surface area contributed by atoms with E-state index in [1.807, 2.05) is 0 Å². The summed E-state index contributed by atoms with van der Waals surface area (Å²) in [5.41, 5.74) is 1.43. The number of anilines is 1. The Balaban J connectivity index is 1.95. The van der Waals surface area contributed by atoms with Crippen molar-refractivity contribution in [3.63, 3.8) is 0 Å². The first kappa shape index (κ1) is 13.9. The summed E-state index contributed by atoms with van der Waals surface area (Å²) >= 11 is 0. The van der Waals surface area contributed by atoms with Gasteiger partial charge in [-0.25, -0.2) is 4.79 Å². The van der Waals surface area contributed by atoms with Crippen LogP contribution < -0.4 is 11.1 Å². The Bertz CT molecular complexity index is 685. The van der Waals surface area contributed by atoms with Crippen molar-refractivity contribution in [1.82, 2.24) is 4.98 Å². The third kappa shape index (κ3) is 3.47. The smallest absolute Gasteiger partial charge is 0.417 e. The van der Waals surface area contributed by atoms with Crippen molar-refractivity contribution in [3.05, 3.63) is 28.7 Å². The van der Waals surface area contributed by atoms with Crippen LogP contribution in [0.4, 0.5) is 5.69 Å². The average molecular weight is 278 g/mol. The van der Waals surface area contributed by atoms with Gasteiger partial charge >= 0.3 is 11.7 Å². The topological polar surface area (TPSA) is 101 Å². The largest absolute Gasteiger partial charge is 0.466 e. The van der Waals surface area contributed by atoms with E-state index < -0.39 is 11.7 Å². The molecular weight excluding hydrogens is 264 g/mol. The number of oxazole rings is 1. The zero-order valence-corrected chi connectivity index (χ0v) is 10.9. The van der Waals surface area contributed by atoms with Gasteiger partial charge in [-0.1, -0.05) is 0 Å². The van der Waals surface area contributed by atoms with Crippen LogP contribution >= 0.6 is 0 Å². The van der Waals surface area contributed by atoms with E-state index in [4.69, 9.17) is 9.15 Å². The van der Waals surface area contributed by atoms with Gasteiger partial charge < -0.3 is 14.5 Å². The molecule has 0 saturated carbocycles. The van der Waals surface area contributed by atoms with Crippen molar-refractivity contribution in [2.75, 3.05) is 11.9 Å². The second-order valence-electron chi connectivity index (χ2n) is 4.08. The summed E-state index contributed by atoms with van der Waals surface area (Å²) in [5, 5.41) is 2.63. The summed E-state index contributed by atoms with van der Waals surface area (Å²) in [6, 6.07) is 4.78. The molecular formula is C13H14N2O5. The van der Waals surface area contributed by atoms with Crippen LogP contribution in [0.5, 0.6) is 0 Å². The highest BCUT2D eigenvalue weighted by molar-refractivity contribution is 5.94. The monoisotopic (exact) mass is 278 g/mol. The lowest BCUT2D eigenvalue weighted by Crippen LogP contribution is -2.14. The summed E-state index contributed by atoms with van der Waals surface area (Å²) in [5.74, 6) is -1.26. The highest BCUT2D eigenvalue weighted by Gasteiger charge is 2.09. The maximum absolute atomic E-state index is 11.6. The van der Waals surface area contributed by atoms with E-state index in [2.05, 4.69) is 10.3 Å². The number of H-pyrrole nitrogens is 1. The van der Waals surface area contributed by atoms with Crippen LogP contribution in [0.1, 0.15) is 19.8 Å². The molecule has 1 heterocycles. The van der Waals surface area contributed by atoms with Gasteiger partial charge in [-0.15, -0.1) is 0 Å². The Hall–Kier alpha value is -2.57. The molecule has 2 N–H and O–H groups in total. The van der Waals surface area contributed by atoms with Gasteiger partial charge in [0.1, 0.15) is 0 Å². The van der Waals surface area contributed by atoms with E-state index in [9.17, 15) is 14.4 Å². The van der Waals surface area contributed by atoms with Crippen LogP contribution in [-0.4, -0.2) is 23.5 Å². The number of aromatic nitrogens is 1. The Morgan fingerprint density at radius 3 is 2.90 bits per heavy atom. The van der Waals surface area contributed by atoms with Crippen molar-refractivity contribution >= 4 is 28.7 Å². The van der Waals surface area contributed by atoms with Crippen molar-refractivity contribution in [1.29, 1.82) is 0 Å². The highest BCUT2D eigenvalue weighted by atomic mass is 16.5. The van der Waals surface area contributed by atoms with Gasteiger partial charge in [-0.05, 0) is 25.1 Å². The number of nitrogens with one attached hydrogen (secondary N) is 2. The molecule has 0 fully saturated rings. The Morgan fingerprint density at radius 1 is 1.35 bits per heavy atom. The maximum Gasteiger partial charge on any atom is 0.417 e. The van der Waals surface area contributed by atoms with Crippen molar-refractivity contribution in [2.24, 2.45) is 0 Å². The lowest BCUT2D eigenvalue weighted by Gasteiger charge is -2.05. The van der Waals surface area contributed by atoms with E-state index in [0.29, 0.717) is 23.4 Å². The van der Waals surface area contributed by atoms with Crippen molar-refractivity contribution < 1.29 is 18.7 Å². The van der Waals surface area contributed by atoms with E-state index in [1.165, 1.54) is 0 Å². The molecule has 2 aromatic rings. The van der Waals surface area contributed by atoms with Gasteiger partial charge in [0, 0.05) is 12.1 Å². The SMILES string of the molecule is CCOC(=O)CCC(=O)Nc1ccc2oc(=O)[nH]c2c1. The van der Waals surface area contributed by atoms with E-state index in [0.717, 1.165) is 0 Å². The molecule has 0 aliphatic rings. The summed E-state index contributed by atoms with van der Waals surface area (Å²) in [6.07, 6.45) is 0.0727. The minimum atomic E-state index is -0.550. The minimum absolute atomic E-state index is 0.0322. The molecule has 1 amide bonds. The number of carbonyl (C=O) groups excluding carboxylic acids is 2. The molecule has 2 rings (SSSR count). The standard InChI is InChI=1S/C13H14N2O5/c1-2-19-12(17)6-5-11(16)14-8-3-4-10-9(7-8)15-13(18)20-10/h3-4,7H,2,5-6H2,1H3,(H,14,16)(H,15,18). The summed E-state index contributed by atoms with van der Waals surface area (Å²) < 4.78 is 9.58. The van der Waals surface area contributed by atoms with Crippen LogP contribution in [0.15, 0.2) is 27.4 Å².